The van der Waals surface area contributed by atoms with Crippen LogP contribution in [0.1, 0.15) is 24.2 Å². The van der Waals surface area contributed by atoms with E-state index in [1.807, 2.05) is 41.4 Å². The maximum Gasteiger partial charge on any atom is 0.193 e. The van der Waals surface area contributed by atoms with Crippen LogP contribution in [-0.2, 0) is 6.61 Å². The van der Waals surface area contributed by atoms with E-state index in [0.717, 1.165) is 16.4 Å². The van der Waals surface area contributed by atoms with Crippen LogP contribution in [0.15, 0.2) is 42.0 Å². The van der Waals surface area contributed by atoms with Crippen LogP contribution in [0.3, 0.4) is 0 Å². The van der Waals surface area contributed by atoms with Gasteiger partial charge in [-0.1, -0.05) is 12.1 Å². The van der Waals surface area contributed by atoms with E-state index in [9.17, 15) is 0 Å². The Bertz CT molecular complexity index is 675. The smallest absolute Gasteiger partial charge is 0.193 e. The van der Waals surface area contributed by atoms with Gasteiger partial charge >= 0.3 is 0 Å². The molecule has 0 spiro atoms. The molecule has 0 bridgehead atoms. The van der Waals surface area contributed by atoms with Gasteiger partial charge < -0.3 is 10.1 Å². The molecule has 0 aliphatic carbocycles. The molecule has 104 valence electrons. The van der Waals surface area contributed by atoms with Crippen molar-refractivity contribution in [2.75, 3.05) is 7.05 Å². The molecule has 0 saturated heterocycles. The number of nitrogens with one attached hydrogen (secondary N) is 1. The molecule has 0 aliphatic heterocycles. The Balaban J connectivity index is 1.70. The summed E-state index contributed by atoms with van der Waals surface area (Å²) in [5.74, 6) is 0.876. The highest BCUT2D eigenvalue weighted by molar-refractivity contribution is 7.15. The van der Waals surface area contributed by atoms with Crippen molar-refractivity contribution < 1.29 is 4.74 Å². The van der Waals surface area contributed by atoms with E-state index in [0.29, 0.717) is 12.6 Å². The summed E-state index contributed by atoms with van der Waals surface area (Å²) in [6.45, 7) is 2.62. The topological polar surface area (TPSA) is 38.6 Å². The molecule has 0 saturated carbocycles. The summed E-state index contributed by atoms with van der Waals surface area (Å²) in [7, 11) is 1.95. The van der Waals surface area contributed by atoms with Crippen LogP contribution in [0.25, 0.3) is 4.96 Å². The maximum absolute atomic E-state index is 5.83. The van der Waals surface area contributed by atoms with Gasteiger partial charge in [0, 0.05) is 23.8 Å². The van der Waals surface area contributed by atoms with Crippen LogP contribution in [0.4, 0.5) is 0 Å². The van der Waals surface area contributed by atoms with Gasteiger partial charge in [-0.2, -0.15) is 0 Å². The standard InChI is InChI=1S/C15H17N3OS/c1-11(16-2)12-4-3-5-14(8-12)19-10-13-9-18-6-7-20-15(18)17-13/h3-9,11,16H,10H2,1-2H3. The van der Waals surface area contributed by atoms with Gasteiger partial charge in [-0.05, 0) is 31.7 Å². The lowest BCUT2D eigenvalue weighted by molar-refractivity contribution is 0.301. The Morgan fingerprint density at radius 2 is 2.35 bits per heavy atom. The SMILES string of the molecule is CNC(C)c1cccc(OCc2cn3ccsc3n2)c1. The van der Waals surface area contributed by atoms with Crippen LogP contribution in [-0.4, -0.2) is 16.4 Å². The largest absolute Gasteiger partial charge is 0.487 e. The van der Waals surface area contributed by atoms with Crippen LogP contribution in [0.2, 0.25) is 0 Å². The number of fused-ring (bicyclic) bond motifs is 1. The van der Waals surface area contributed by atoms with Crippen molar-refractivity contribution in [3.05, 3.63) is 53.3 Å². The number of benzene rings is 1. The van der Waals surface area contributed by atoms with E-state index in [2.05, 4.69) is 29.4 Å². The molecular weight excluding hydrogens is 270 g/mol. The second-order valence-corrected chi connectivity index (χ2v) is 5.57. The first kappa shape index (κ1) is 13.1. The van der Waals surface area contributed by atoms with Crippen molar-refractivity contribution in [3.63, 3.8) is 0 Å². The molecule has 3 rings (SSSR count). The molecule has 0 fully saturated rings. The van der Waals surface area contributed by atoms with Gasteiger partial charge in [0.1, 0.15) is 12.4 Å². The van der Waals surface area contributed by atoms with Gasteiger partial charge in [0.2, 0.25) is 0 Å². The number of ether oxygens (including phenoxy) is 1. The fourth-order valence-corrected chi connectivity index (χ4v) is 2.76. The number of aromatic nitrogens is 2. The van der Waals surface area contributed by atoms with Gasteiger partial charge in [0.25, 0.3) is 0 Å². The van der Waals surface area contributed by atoms with Gasteiger partial charge in [0.05, 0.1) is 5.69 Å². The fraction of sp³-hybridized carbons (Fsp3) is 0.267. The maximum atomic E-state index is 5.83. The summed E-state index contributed by atoms with van der Waals surface area (Å²) in [4.78, 5) is 5.51. The van der Waals surface area contributed by atoms with E-state index < -0.39 is 0 Å². The van der Waals surface area contributed by atoms with Crippen molar-refractivity contribution in [1.29, 1.82) is 0 Å². The molecule has 1 unspecified atom stereocenters. The normalized spacial score (nSPS) is 12.7. The predicted molar refractivity (Wildman–Crippen MR) is 81.3 cm³/mol. The van der Waals surface area contributed by atoms with Crippen molar-refractivity contribution >= 4 is 16.3 Å². The van der Waals surface area contributed by atoms with E-state index in [1.165, 1.54) is 5.56 Å². The lowest BCUT2D eigenvalue weighted by Gasteiger charge is -2.12. The predicted octanol–water partition coefficient (Wildman–Crippen LogP) is 3.26. The summed E-state index contributed by atoms with van der Waals surface area (Å²) in [6.07, 6.45) is 4.01. The Morgan fingerprint density at radius 1 is 1.45 bits per heavy atom. The second kappa shape index (κ2) is 5.64. The molecule has 0 amide bonds. The summed E-state index contributed by atoms with van der Waals surface area (Å²) in [6, 6.07) is 8.48. The highest BCUT2D eigenvalue weighted by Crippen LogP contribution is 2.20. The lowest BCUT2D eigenvalue weighted by atomic mass is 10.1. The minimum Gasteiger partial charge on any atom is -0.487 e. The molecule has 4 nitrogen and oxygen atoms in total. The second-order valence-electron chi connectivity index (χ2n) is 4.70. The molecular formula is C15H17N3OS. The molecule has 2 aromatic heterocycles. The number of thiazole rings is 1. The monoisotopic (exact) mass is 287 g/mol. The highest BCUT2D eigenvalue weighted by atomic mass is 32.1. The molecule has 2 heterocycles. The average molecular weight is 287 g/mol. The molecule has 1 N–H and O–H groups in total. The lowest BCUT2D eigenvalue weighted by Crippen LogP contribution is -2.12. The van der Waals surface area contributed by atoms with Crippen LogP contribution in [0, 0.1) is 0 Å². The number of imidazole rings is 1. The zero-order valence-corrected chi connectivity index (χ0v) is 12.4. The Kier molecular flexibility index (Phi) is 3.71. The minimum absolute atomic E-state index is 0.316. The van der Waals surface area contributed by atoms with Crippen molar-refractivity contribution in [1.82, 2.24) is 14.7 Å². The first-order valence-electron chi connectivity index (χ1n) is 6.57. The van der Waals surface area contributed by atoms with Crippen LogP contribution in [0.5, 0.6) is 5.75 Å². The third kappa shape index (κ3) is 2.69. The minimum atomic E-state index is 0.316. The summed E-state index contributed by atoms with van der Waals surface area (Å²) >= 11 is 1.63. The Hall–Kier alpha value is -1.85. The Labute approximate surface area is 122 Å². The summed E-state index contributed by atoms with van der Waals surface area (Å²) < 4.78 is 7.84. The molecule has 20 heavy (non-hydrogen) atoms. The van der Waals surface area contributed by atoms with Crippen LogP contribution >= 0.6 is 11.3 Å². The molecule has 5 heteroatoms. The van der Waals surface area contributed by atoms with E-state index in [4.69, 9.17) is 4.74 Å². The van der Waals surface area contributed by atoms with Crippen molar-refractivity contribution in [2.45, 2.75) is 19.6 Å². The van der Waals surface area contributed by atoms with Crippen molar-refractivity contribution in [2.24, 2.45) is 0 Å². The molecule has 1 atom stereocenters. The number of hydrogen-bond acceptors (Lipinski definition) is 4. The first-order chi connectivity index (χ1) is 9.76. The van der Waals surface area contributed by atoms with Gasteiger partial charge in [-0.25, -0.2) is 4.98 Å². The zero-order chi connectivity index (χ0) is 13.9. The third-order valence-corrected chi connectivity index (χ3v) is 4.09. The highest BCUT2D eigenvalue weighted by Gasteiger charge is 2.06. The summed E-state index contributed by atoms with van der Waals surface area (Å²) in [5, 5.41) is 5.25. The van der Waals surface area contributed by atoms with Crippen molar-refractivity contribution in [3.8, 4) is 5.75 Å². The number of rotatable bonds is 5. The first-order valence-corrected chi connectivity index (χ1v) is 7.45. The van der Waals surface area contributed by atoms with E-state index >= 15 is 0 Å². The van der Waals surface area contributed by atoms with Gasteiger partial charge in [0.15, 0.2) is 4.96 Å². The quantitative estimate of drug-likeness (QED) is 0.783. The van der Waals surface area contributed by atoms with Gasteiger partial charge in [-0.15, -0.1) is 11.3 Å². The third-order valence-electron chi connectivity index (χ3n) is 3.32. The van der Waals surface area contributed by atoms with Gasteiger partial charge in [-0.3, -0.25) is 4.40 Å². The molecule has 3 aromatic rings. The molecule has 1 aromatic carbocycles. The average Bonchev–Trinajstić information content (AvgIpc) is 3.05. The van der Waals surface area contributed by atoms with E-state index in [1.54, 1.807) is 11.3 Å². The Morgan fingerprint density at radius 3 is 3.15 bits per heavy atom. The number of hydrogen-bond donors (Lipinski definition) is 1. The number of nitrogens with zero attached hydrogens (tertiary/aromatic N) is 2. The fourth-order valence-electron chi connectivity index (χ4n) is 2.04. The zero-order valence-electron chi connectivity index (χ0n) is 11.5. The molecule has 0 aliphatic rings. The molecule has 0 radical (unpaired) electrons. The van der Waals surface area contributed by atoms with Crippen LogP contribution < -0.4 is 10.1 Å². The summed E-state index contributed by atoms with van der Waals surface area (Å²) in [5.41, 5.74) is 2.17. The van der Waals surface area contributed by atoms with E-state index in [-0.39, 0.29) is 0 Å².